The van der Waals surface area contributed by atoms with Crippen molar-refractivity contribution in [3.05, 3.63) is 48.2 Å². The molecule has 19 heavy (non-hydrogen) atoms. The summed E-state index contributed by atoms with van der Waals surface area (Å²) in [7, 11) is 0. The number of aromatic nitrogens is 1. The quantitative estimate of drug-likeness (QED) is 0.389. The lowest BCUT2D eigenvalue weighted by molar-refractivity contribution is 0.828. The normalized spacial score (nSPS) is 11.0. The second kappa shape index (κ2) is 5.67. The zero-order valence-corrected chi connectivity index (χ0v) is 11.6. The van der Waals surface area contributed by atoms with Gasteiger partial charge in [-0.15, -0.1) is 6.58 Å². The topological polar surface area (TPSA) is 55.3 Å². The van der Waals surface area contributed by atoms with E-state index in [2.05, 4.69) is 40.7 Å². The number of fused-ring (bicyclic) bond motifs is 1. The number of para-hydroxylation sites is 1. The summed E-state index contributed by atoms with van der Waals surface area (Å²) in [6, 6.07) is 8.20. The van der Waals surface area contributed by atoms with Crippen LogP contribution in [0.5, 0.6) is 0 Å². The third-order valence-electron chi connectivity index (χ3n) is 2.96. The maximum atomic E-state index is 5.35. The van der Waals surface area contributed by atoms with Gasteiger partial charge in [0.25, 0.3) is 0 Å². The molecule has 98 valence electrons. The minimum absolute atomic E-state index is 0.156. The van der Waals surface area contributed by atoms with Crippen LogP contribution in [0.2, 0.25) is 0 Å². The molecular formula is C14H16N4S. The molecule has 5 heteroatoms. The Labute approximate surface area is 117 Å². The minimum atomic E-state index is 0.156. The largest absolute Gasteiger partial charge is 0.375 e. The van der Waals surface area contributed by atoms with Crippen molar-refractivity contribution in [1.82, 2.24) is 9.99 Å². The summed E-state index contributed by atoms with van der Waals surface area (Å²) in [5.41, 5.74) is 11.3. The highest BCUT2D eigenvalue weighted by atomic mass is 32.1. The van der Waals surface area contributed by atoms with E-state index in [0.29, 0.717) is 0 Å². The molecule has 0 saturated carbocycles. The van der Waals surface area contributed by atoms with Crippen molar-refractivity contribution in [2.24, 2.45) is 10.8 Å². The smallest absolute Gasteiger partial charge is 0.184 e. The third kappa shape index (κ3) is 2.66. The monoisotopic (exact) mass is 272 g/mol. The average Bonchev–Trinajstić information content (AvgIpc) is 2.65. The average molecular weight is 272 g/mol. The first kappa shape index (κ1) is 13.3. The standard InChI is InChI=1S/C14H16N4S/c1-3-8-18-10(2)12(9-16-17-14(15)19)11-6-4-5-7-13(11)18/h3-7,9H,1,8H2,2H3,(H3,15,17,19)/b16-9-. The molecule has 0 atom stereocenters. The van der Waals surface area contributed by atoms with Gasteiger partial charge < -0.3 is 10.3 Å². The number of rotatable bonds is 4. The van der Waals surface area contributed by atoms with Crippen molar-refractivity contribution in [1.29, 1.82) is 0 Å². The number of thiocarbonyl (C=S) groups is 1. The van der Waals surface area contributed by atoms with Gasteiger partial charge in [0.2, 0.25) is 0 Å². The highest BCUT2D eigenvalue weighted by Crippen LogP contribution is 2.24. The molecule has 0 unspecified atom stereocenters. The minimum Gasteiger partial charge on any atom is -0.375 e. The number of hydrogen-bond donors (Lipinski definition) is 2. The van der Waals surface area contributed by atoms with E-state index in [1.807, 2.05) is 18.2 Å². The van der Waals surface area contributed by atoms with Crippen LogP contribution >= 0.6 is 12.2 Å². The summed E-state index contributed by atoms with van der Waals surface area (Å²) in [6.45, 7) is 6.63. The van der Waals surface area contributed by atoms with E-state index in [-0.39, 0.29) is 5.11 Å². The second-order valence-corrected chi connectivity index (χ2v) is 4.59. The fraction of sp³-hybridized carbons (Fsp3) is 0.143. The maximum absolute atomic E-state index is 5.35. The van der Waals surface area contributed by atoms with Crippen LogP contribution in [0.15, 0.2) is 42.0 Å². The Morgan fingerprint density at radius 1 is 1.53 bits per heavy atom. The lowest BCUT2D eigenvalue weighted by Crippen LogP contribution is -2.24. The van der Waals surface area contributed by atoms with Crippen LogP contribution in [0.3, 0.4) is 0 Å². The van der Waals surface area contributed by atoms with E-state index < -0.39 is 0 Å². The molecule has 0 bridgehead atoms. The van der Waals surface area contributed by atoms with Crippen LogP contribution in [0.25, 0.3) is 10.9 Å². The Kier molecular flexibility index (Phi) is 3.97. The molecule has 0 saturated heterocycles. The number of allylic oxidation sites excluding steroid dienone is 1. The van der Waals surface area contributed by atoms with E-state index in [1.165, 1.54) is 0 Å². The third-order valence-corrected chi connectivity index (χ3v) is 3.05. The van der Waals surface area contributed by atoms with Crippen LogP contribution in [-0.4, -0.2) is 15.9 Å². The molecule has 2 rings (SSSR count). The first-order chi connectivity index (χ1) is 9.15. The van der Waals surface area contributed by atoms with Crippen molar-refractivity contribution < 1.29 is 0 Å². The van der Waals surface area contributed by atoms with Crippen molar-refractivity contribution >= 4 is 34.4 Å². The fourth-order valence-electron chi connectivity index (χ4n) is 2.15. The number of hydrazone groups is 1. The molecule has 0 aliphatic rings. The van der Waals surface area contributed by atoms with Crippen molar-refractivity contribution in [3.63, 3.8) is 0 Å². The Balaban J connectivity index is 2.53. The van der Waals surface area contributed by atoms with E-state index in [9.17, 15) is 0 Å². The molecule has 0 amide bonds. The van der Waals surface area contributed by atoms with Crippen LogP contribution in [0.1, 0.15) is 11.3 Å². The summed E-state index contributed by atoms with van der Waals surface area (Å²) in [5, 5.41) is 5.35. The van der Waals surface area contributed by atoms with Crippen LogP contribution in [0, 0.1) is 6.92 Å². The van der Waals surface area contributed by atoms with Crippen LogP contribution in [0.4, 0.5) is 0 Å². The van der Waals surface area contributed by atoms with Crippen LogP contribution < -0.4 is 11.2 Å². The van der Waals surface area contributed by atoms with E-state index in [4.69, 9.17) is 18.0 Å². The molecule has 2 aromatic rings. The zero-order valence-electron chi connectivity index (χ0n) is 10.8. The van der Waals surface area contributed by atoms with Crippen molar-refractivity contribution in [2.45, 2.75) is 13.5 Å². The van der Waals surface area contributed by atoms with Gasteiger partial charge in [-0.1, -0.05) is 24.3 Å². The fourth-order valence-corrected chi connectivity index (χ4v) is 2.20. The van der Waals surface area contributed by atoms with Gasteiger partial charge in [0.1, 0.15) is 0 Å². The van der Waals surface area contributed by atoms with Gasteiger partial charge in [0, 0.05) is 28.7 Å². The van der Waals surface area contributed by atoms with Gasteiger partial charge in [-0.05, 0) is 25.2 Å². The number of benzene rings is 1. The predicted octanol–water partition coefficient (Wildman–Crippen LogP) is 2.30. The highest BCUT2D eigenvalue weighted by Gasteiger charge is 2.10. The molecule has 0 aliphatic carbocycles. The molecule has 0 spiro atoms. The van der Waals surface area contributed by atoms with E-state index >= 15 is 0 Å². The number of nitrogens with zero attached hydrogens (tertiary/aromatic N) is 2. The van der Waals surface area contributed by atoms with Crippen molar-refractivity contribution in [2.75, 3.05) is 0 Å². The summed E-state index contributed by atoms with van der Waals surface area (Å²) >= 11 is 4.72. The van der Waals surface area contributed by atoms with Gasteiger partial charge in [-0.3, -0.25) is 5.43 Å². The maximum Gasteiger partial charge on any atom is 0.184 e. The van der Waals surface area contributed by atoms with E-state index in [0.717, 1.165) is 28.7 Å². The van der Waals surface area contributed by atoms with Gasteiger partial charge in [0.05, 0.1) is 6.21 Å². The molecule has 4 nitrogen and oxygen atoms in total. The molecule has 3 N–H and O–H groups in total. The van der Waals surface area contributed by atoms with Crippen molar-refractivity contribution in [3.8, 4) is 0 Å². The molecule has 1 aromatic heterocycles. The zero-order chi connectivity index (χ0) is 13.8. The van der Waals surface area contributed by atoms with Crippen LogP contribution in [-0.2, 0) is 6.54 Å². The Bertz CT molecular complexity index is 655. The second-order valence-electron chi connectivity index (χ2n) is 4.15. The Hall–Kier alpha value is -2.14. The summed E-state index contributed by atoms with van der Waals surface area (Å²) in [6.07, 6.45) is 3.63. The lowest BCUT2D eigenvalue weighted by atomic mass is 10.1. The molecule has 0 fully saturated rings. The molecule has 0 aliphatic heterocycles. The predicted molar refractivity (Wildman–Crippen MR) is 84.4 cm³/mol. The summed E-state index contributed by atoms with van der Waals surface area (Å²) in [4.78, 5) is 0. The summed E-state index contributed by atoms with van der Waals surface area (Å²) in [5.74, 6) is 0. The van der Waals surface area contributed by atoms with Gasteiger partial charge >= 0.3 is 0 Å². The first-order valence-corrected chi connectivity index (χ1v) is 6.33. The Morgan fingerprint density at radius 3 is 2.95 bits per heavy atom. The lowest BCUT2D eigenvalue weighted by Gasteiger charge is -2.03. The number of nitrogens with one attached hydrogen (secondary N) is 1. The first-order valence-electron chi connectivity index (χ1n) is 5.92. The molecule has 0 radical (unpaired) electrons. The van der Waals surface area contributed by atoms with Gasteiger partial charge in [-0.25, -0.2) is 0 Å². The molecular weight excluding hydrogens is 256 g/mol. The van der Waals surface area contributed by atoms with E-state index in [1.54, 1.807) is 6.21 Å². The van der Waals surface area contributed by atoms with Gasteiger partial charge in [0.15, 0.2) is 5.11 Å². The van der Waals surface area contributed by atoms with Gasteiger partial charge in [-0.2, -0.15) is 5.10 Å². The SMILES string of the molecule is C=CCn1c(C)c(/C=N\NC(N)=S)c2ccccc21. The Morgan fingerprint density at radius 2 is 2.26 bits per heavy atom. The molecule has 1 aromatic carbocycles. The number of hydrogen-bond acceptors (Lipinski definition) is 2. The highest BCUT2D eigenvalue weighted by molar-refractivity contribution is 7.80. The summed E-state index contributed by atoms with van der Waals surface area (Å²) < 4.78 is 2.20. The molecule has 1 heterocycles. The number of nitrogens with two attached hydrogens (primary N) is 1.